The maximum Gasteiger partial charge on any atom is 0.407 e. The van der Waals surface area contributed by atoms with Crippen LogP contribution in [0.4, 0.5) is 4.79 Å². The van der Waals surface area contributed by atoms with Crippen LogP contribution in [-0.2, 0) is 24.2 Å². The molecule has 1 unspecified atom stereocenters. The second kappa shape index (κ2) is 11.2. The lowest BCUT2D eigenvalue weighted by Gasteiger charge is -2.25. The highest BCUT2D eigenvalue weighted by Crippen LogP contribution is 2.44. The predicted octanol–water partition coefficient (Wildman–Crippen LogP) is 2.43. The molecule has 10 heteroatoms. The average molecular weight is 501 g/mol. The number of benzene rings is 2. The van der Waals surface area contributed by atoms with Gasteiger partial charge in [-0.1, -0.05) is 54.6 Å². The van der Waals surface area contributed by atoms with Crippen LogP contribution in [0.3, 0.4) is 0 Å². The second-order valence-electron chi connectivity index (χ2n) is 8.34. The number of hydrogen-bond donors (Lipinski definition) is 2. The van der Waals surface area contributed by atoms with Gasteiger partial charge in [0, 0.05) is 18.7 Å². The minimum Gasteiger partial charge on any atom is -0.480 e. The van der Waals surface area contributed by atoms with E-state index in [9.17, 15) is 22.8 Å². The Kier molecular flexibility index (Phi) is 8.29. The number of aliphatic carboxylic acids is 1. The fourth-order valence-electron chi connectivity index (χ4n) is 4.14. The molecule has 0 aliphatic heterocycles. The molecule has 0 spiro atoms. The molecule has 2 N–H and O–H groups in total. The van der Waals surface area contributed by atoms with E-state index in [0.29, 0.717) is 0 Å². The Labute approximate surface area is 204 Å². The number of ether oxygens (including phenoxy) is 1. The molecule has 1 aliphatic carbocycles. The summed E-state index contributed by atoms with van der Waals surface area (Å²) < 4.78 is 28.8. The van der Waals surface area contributed by atoms with Crippen molar-refractivity contribution in [2.24, 2.45) is 0 Å². The summed E-state index contributed by atoms with van der Waals surface area (Å²) in [5, 5.41) is 11.5. The van der Waals surface area contributed by atoms with Crippen molar-refractivity contribution >= 4 is 27.8 Å². The van der Waals surface area contributed by atoms with Crippen LogP contribution in [0.5, 0.6) is 0 Å². The Balaban J connectivity index is 1.73. The van der Waals surface area contributed by atoms with Crippen molar-refractivity contribution < 1.29 is 32.6 Å². The van der Waals surface area contributed by atoms with Crippen molar-refractivity contribution in [3.05, 3.63) is 72.3 Å². The van der Waals surface area contributed by atoms with Crippen LogP contribution in [0.15, 0.2) is 61.2 Å². The van der Waals surface area contributed by atoms with Crippen molar-refractivity contribution in [3.8, 4) is 11.1 Å². The van der Waals surface area contributed by atoms with Gasteiger partial charge < -0.3 is 20.1 Å². The van der Waals surface area contributed by atoms with Crippen LogP contribution in [0, 0.1) is 0 Å². The number of rotatable bonds is 11. The molecule has 9 nitrogen and oxygen atoms in total. The smallest absolute Gasteiger partial charge is 0.407 e. The van der Waals surface area contributed by atoms with Gasteiger partial charge in [0.15, 0.2) is 0 Å². The van der Waals surface area contributed by atoms with Crippen molar-refractivity contribution in [2.75, 3.05) is 31.7 Å². The van der Waals surface area contributed by atoms with Crippen molar-refractivity contribution in [1.29, 1.82) is 0 Å². The van der Waals surface area contributed by atoms with Crippen LogP contribution in [0.2, 0.25) is 0 Å². The normalized spacial score (nSPS) is 13.3. The first-order valence-electron chi connectivity index (χ1n) is 11.0. The maximum atomic E-state index is 13.0. The number of carbonyl (C=O) groups is 3. The van der Waals surface area contributed by atoms with Gasteiger partial charge in [-0.15, -0.1) is 6.58 Å². The summed E-state index contributed by atoms with van der Waals surface area (Å²) in [6.07, 6.45) is 1.24. The summed E-state index contributed by atoms with van der Waals surface area (Å²) in [6, 6.07) is 14.4. The Bertz CT molecular complexity index is 1180. The molecule has 0 radical (unpaired) electrons. The number of nitrogens with zero attached hydrogens (tertiary/aromatic N) is 1. The molecule has 1 atom stereocenters. The van der Waals surface area contributed by atoms with E-state index >= 15 is 0 Å². The molecule has 3 rings (SSSR count). The highest BCUT2D eigenvalue weighted by atomic mass is 32.2. The molecule has 186 valence electrons. The highest BCUT2D eigenvalue weighted by Gasteiger charge is 2.31. The molecule has 0 saturated carbocycles. The van der Waals surface area contributed by atoms with Gasteiger partial charge in [-0.3, -0.25) is 9.59 Å². The molecular formula is C25H28N2O7S. The summed E-state index contributed by atoms with van der Waals surface area (Å²) >= 11 is 0. The summed E-state index contributed by atoms with van der Waals surface area (Å²) in [6.45, 7) is 2.83. The van der Waals surface area contributed by atoms with Gasteiger partial charge in [-0.2, -0.15) is 0 Å². The highest BCUT2D eigenvalue weighted by molar-refractivity contribution is 7.90. The number of nitrogens with one attached hydrogen (secondary N) is 1. The van der Waals surface area contributed by atoms with Gasteiger partial charge in [-0.25, -0.2) is 13.2 Å². The van der Waals surface area contributed by atoms with Gasteiger partial charge in [0.05, 0.1) is 5.75 Å². The van der Waals surface area contributed by atoms with Crippen LogP contribution in [0.25, 0.3) is 11.1 Å². The zero-order valence-corrected chi connectivity index (χ0v) is 20.2. The van der Waals surface area contributed by atoms with E-state index in [1.54, 1.807) is 0 Å². The van der Waals surface area contributed by atoms with E-state index in [4.69, 9.17) is 9.84 Å². The number of sulfone groups is 1. The molecule has 0 bridgehead atoms. The largest absolute Gasteiger partial charge is 0.480 e. The molecular weight excluding hydrogens is 472 g/mol. The Morgan fingerprint density at radius 3 is 2.20 bits per heavy atom. The van der Waals surface area contributed by atoms with Crippen molar-refractivity contribution in [1.82, 2.24) is 10.2 Å². The Morgan fingerprint density at radius 1 is 1.11 bits per heavy atom. The number of hydrogen-bond acceptors (Lipinski definition) is 6. The number of carboxylic acids is 1. The number of carbonyl (C=O) groups excluding carboxylic acids is 2. The van der Waals surface area contributed by atoms with Crippen LogP contribution >= 0.6 is 0 Å². The second-order valence-corrected chi connectivity index (χ2v) is 10.6. The Morgan fingerprint density at radius 2 is 1.69 bits per heavy atom. The third kappa shape index (κ3) is 6.69. The first-order valence-corrected chi connectivity index (χ1v) is 13.1. The van der Waals surface area contributed by atoms with E-state index in [2.05, 4.69) is 11.9 Å². The lowest BCUT2D eigenvalue weighted by molar-refractivity contribution is -0.144. The summed E-state index contributed by atoms with van der Waals surface area (Å²) in [7, 11) is -3.44. The maximum absolute atomic E-state index is 13.0. The number of carboxylic acid groups (broad SMARTS) is 1. The Hall–Kier alpha value is -3.66. The fraction of sp³-hybridized carbons (Fsp3) is 0.320. The average Bonchev–Trinajstić information content (AvgIpc) is 3.12. The molecule has 0 saturated heterocycles. The number of alkyl carbamates (subject to hydrolysis) is 1. The third-order valence-electron chi connectivity index (χ3n) is 5.70. The SMILES string of the molecule is C=CCN(CC(=O)O)C(=O)C(CCS(C)(=O)=O)NC(=O)OCC1c2ccccc2-c2ccccc21. The molecule has 2 aromatic carbocycles. The van der Waals surface area contributed by atoms with Gasteiger partial charge in [0.2, 0.25) is 5.91 Å². The van der Waals surface area contributed by atoms with Gasteiger partial charge in [0.1, 0.15) is 29.0 Å². The monoisotopic (exact) mass is 500 g/mol. The van der Waals surface area contributed by atoms with Gasteiger partial charge in [0.25, 0.3) is 0 Å². The standard InChI is InChI=1S/C25H28N2O7S/c1-3-13-27(15-23(28)29)24(30)22(12-14-35(2,32)33)26-25(31)34-16-21-19-10-6-4-8-17(19)18-9-5-7-11-20(18)21/h3-11,21-22H,1,12-16H2,2H3,(H,26,31)(H,28,29). The topological polar surface area (TPSA) is 130 Å². The zero-order valence-electron chi connectivity index (χ0n) is 19.3. The van der Waals surface area contributed by atoms with Gasteiger partial charge in [-0.05, 0) is 28.7 Å². The van der Waals surface area contributed by atoms with Crippen molar-refractivity contribution in [2.45, 2.75) is 18.4 Å². The van der Waals surface area contributed by atoms with E-state index in [0.717, 1.165) is 33.4 Å². The van der Waals surface area contributed by atoms with Crippen LogP contribution in [0.1, 0.15) is 23.5 Å². The molecule has 0 aromatic heterocycles. The minimum atomic E-state index is -3.44. The predicted molar refractivity (Wildman–Crippen MR) is 131 cm³/mol. The molecule has 1 aliphatic rings. The summed E-state index contributed by atoms with van der Waals surface area (Å²) in [4.78, 5) is 37.8. The molecule has 0 heterocycles. The first-order chi connectivity index (χ1) is 16.6. The lowest BCUT2D eigenvalue weighted by atomic mass is 9.98. The molecule has 0 fully saturated rings. The molecule has 35 heavy (non-hydrogen) atoms. The summed E-state index contributed by atoms with van der Waals surface area (Å²) in [5.41, 5.74) is 4.16. The van der Waals surface area contributed by atoms with Crippen LogP contribution in [-0.4, -0.2) is 74.1 Å². The lowest BCUT2D eigenvalue weighted by Crippen LogP contribution is -2.50. The van der Waals surface area contributed by atoms with E-state index < -0.39 is 40.4 Å². The fourth-order valence-corrected chi connectivity index (χ4v) is 4.81. The van der Waals surface area contributed by atoms with Crippen molar-refractivity contribution in [3.63, 3.8) is 0 Å². The zero-order chi connectivity index (χ0) is 25.6. The molecule has 2 aromatic rings. The first kappa shape index (κ1) is 26.0. The third-order valence-corrected chi connectivity index (χ3v) is 6.68. The van der Waals surface area contributed by atoms with E-state index in [-0.39, 0.29) is 31.2 Å². The van der Waals surface area contributed by atoms with Crippen LogP contribution < -0.4 is 5.32 Å². The summed E-state index contributed by atoms with van der Waals surface area (Å²) in [5.74, 6) is -2.54. The number of amides is 2. The number of fused-ring (bicyclic) bond motifs is 3. The van der Waals surface area contributed by atoms with Gasteiger partial charge >= 0.3 is 12.1 Å². The minimum absolute atomic E-state index is 0.0122. The molecule has 2 amide bonds. The van der Waals surface area contributed by atoms with E-state index in [1.807, 2.05) is 48.5 Å². The van der Waals surface area contributed by atoms with E-state index in [1.165, 1.54) is 6.08 Å². The quantitative estimate of drug-likeness (QED) is 0.453.